The predicted octanol–water partition coefficient (Wildman–Crippen LogP) is 2.47. The Morgan fingerprint density at radius 1 is 1.33 bits per heavy atom. The van der Waals surface area contributed by atoms with E-state index in [0.717, 1.165) is 41.0 Å². The van der Waals surface area contributed by atoms with E-state index in [1.165, 1.54) is 24.6 Å². The molecule has 8 heteroatoms. The van der Waals surface area contributed by atoms with Crippen LogP contribution in [0.15, 0.2) is 16.5 Å². The van der Waals surface area contributed by atoms with E-state index in [4.69, 9.17) is 0 Å². The van der Waals surface area contributed by atoms with E-state index in [0.29, 0.717) is 6.04 Å². The van der Waals surface area contributed by atoms with Crippen molar-refractivity contribution in [1.29, 1.82) is 0 Å². The molecule has 7 nitrogen and oxygen atoms in total. The molecule has 0 aliphatic heterocycles. The summed E-state index contributed by atoms with van der Waals surface area (Å²) in [4.78, 5) is 8.63. The minimum Gasteiger partial charge on any atom is -0.370 e. The maximum Gasteiger partial charge on any atom is 0.215 e. The van der Waals surface area contributed by atoms with Gasteiger partial charge in [0.25, 0.3) is 0 Å². The summed E-state index contributed by atoms with van der Waals surface area (Å²) in [7, 11) is 0. The molecule has 0 bridgehead atoms. The lowest BCUT2D eigenvalue weighted by molar-refractivity contribution is 0.423. The first-order valence-corrected chi connectivity index (χ1v) is 8.12. The van der Waals surface area contributed by atoms with Crippen molar-refractivity contribution in [2.24, 2.45) is 0 Å². The molecule has 3 rings (SSSR count). The fourth-order valence-corrected chi connectivity index (χ4v) is 3.48. The van der Waals surface area contributed by atoms with Gasteiger partial charge in [0.05, 0.1) is 6.04 Å². The molecule has 1 aliphatic rings. The number of nitrogens with zero attached hydrogens (tertiary/aromatic N) is 6. The highest BCUT2D eigenvalue weighted by molar-refractivity contribution is 7.99. The van der Waals surface area contributed by atoms with Crippen LogP contribution in [0.25, 0.3) is 0 Å². The average molecular weight is 305 g/mol. The van der Waals surface area contributed by atoms with Crippen molar-refractivity contribution in [2.75, 3.05) is 11.9 Å². The van der Waals surface area contributed by atoms with Gasteiger partial charge in [-0.2, -0.15) is 0 Å². The molecule has 0 amide bonds. The molecule has 2 aromatic rings. The molecule has 0 atom stereocenters. The molecule has 21 heavy (non-hydrogen) atoms. The van der Waals surface area contributed by atoms with Crippen LogP contribution in [0.5, 0.6) is 0 Å². The lowest BCUT2D eigenvalue weighted by Crippen LogP contribution is -2.09. The van der Waals surface area contributed by atoms with Gasteiger partial charge in [0.2, 0.25) is 5.16 Å². The van der Waals surface area contributed by atoms with Crippen molar-refractivity contribution in [3.63, 3.8) is 0 Å². The Hall–Kier alpha value is -1.70. The maximum atomic E-state index is 4.37. The molecule has 0 spiro atoms. The topological polar surface area (TPSA) is 81.4 Å². The Kier molecular flexibility index (Phi) is 4.33. The molecular formula is C13H19N7S. The van der Waals surface area contributed by atoms with Gasteiger partial charge >= 0.3 is 0 Å². The Labute approximate surface area is 127 Å². The fourth-order valence-electron chi connectivity index (χ4n) is 2.60. The second-order valence-corrected chi connectivity index (χ2v) is 6.09. The number of anilines is 1. The summed E-state index contributed by atoms with van der Waals surface area (Å²) >= 11 is 1.51. The molecule has 0 radical (unpaired) electrons. The van der Waals surface area contributed by atoms with E-state index in [1.54, 1.807) is 6.33 Å². The van der Waals surface area contributed by atoms with Gasteiger partial charge in [0.1, 0.15) is 17.2 Å². The second-order valence-electron chi connectivity index (χ2n) is 5.13. The zero-order valence-corrected chi connectivity index (χ0v) is 13.1. The first kappa shape index (κ1) is 14.2. The van der Waals surface area contributed by atoms with Crippen LogP contribution < -0.4 is 5.32 Å². The lowest BCUT2D eigenvalue weighted by Gasteiger charge is -2.12. The van der Waals surface area contributed by atoms with Crippen molar-refractivity contribution >= 4 is 17.6 Å². The largest absolute Gasteiger partial charge is 0.370 e. The van der Waals surface area contributed by atoms with Gasteiger partial charge in [-0.3, -0.25) is 0 Å². The zero-order valence-electron chi connectivity index (χ0n) is 12.3. The lowest BCUT2D eigenvalue weighted by atomic mass is 10.3. The van der Waals surface area contributed by atoms with Crippen LogP contribution in [0, 0.1) is 6.92 Å². The third-order valence-electron chi connectivity index (χ3n) is 3.70. The van der Waals surface area contributed by atoms with E-state index >= 15 is 0 Å². The van der Waals surface area contributed by atoms with Gasteiger partial charge in [-0.1, -0.05) is 12.8 Å². The number of tetrazole rings is 1. The predicted molar refractivity (Wildman–Crippen MR) is 80.4 cm³/mol. The Morgan fingerprint density at radius 2 is 2.14 bits per heavy atom. The van der Waals surface area contributed by atoms with Crippen molar-refractivity contribution < 1.29 is 0 Å². The highest BCUT2D eigenvalue weighted by Crippen LogP contribution is 2.34. The van der Waals surface area contributed by atoms with E-state index in [2.05, 4.69) is 37.7 Å². The van der Waals surface area contributed by atoms with Crippen LogP contribution in [0.3, 0.4) is 0 Å². The normalized spacial score (nSPS) is 15.5. The van der Waals surface area contributed by atoms with Crippen LogP contribution in [0.2, 0.25) is 0 Å². The first-order chi connectivity index (χ1) is 10.3. The highest BCUT2D eigenvalue weighted by atomic mass is 32.2. The van der Waals surface area contributed by atoms with Gasteiger partial charge in [-0.25, -0.2) is 14.6 Å². The molecule has 1 aliphatic carbocycles. The SMILES string of the molecule is CCNc1ncnc(Sc2nnnn2C2CCCC2)c1C. The molecule has 112 valence electrons. The summed E-state index contributed by atoms with van der Waals surface area (Å²) in [5.41, 5.74) is 1.03. The van der Waals surface area contributed by atoms with Gasteiger partial charge in [-0.05, 0) is 48.9 Å². The summed E-state index contributed by atoms with van der Waals surface area (Å²) in [5, 5.41) is 17.1. The van der Waals surface area contributed by atoms with Gasteiger partial charge in [0.15, 0.2) is 0 Å². The monoisotopic (exact) mass is 305 g/mol. The van der Waals surface area contributed by atoms with Gasteiger partial charge < -0.3 is 5.32 Å². The number of nitrogens with one attached hydrogen (secondary N) is 1. The summed E-state index contributed by atoms with van der Waals surface area (Å²) in [6, 6.07) is 0.429. The summed E-state index contributed by atoms with van der Waals surface area (Å²) < 4.78 is 1.95. The quantitative estimate of drug-likeness (QED) is 0.850. The van der Waals surface area contributed by atoms with Crippen LogP contribution in [0.4, 0.5) is 5.82 Å². The molecule has 1 fully saturated rings. The van der Waals surface area contributed by atoms with Crippen molar-refractivity contribution in [3.05, 3.63) is 11.9 Å². The average Bonchev–Trinajstić information content (AvgIpc) is 3.14. The number of rotatable bonds is 5. The molecule has 0 saturated heterocycles. The van der Waals surface area contributed by atoms with E-state index in [1.807, 2.05) is 11.6 Å². The third-order valence-corrected chi connectivity index (χ3v) is 4.76. The molecular weight excluding hydrogens is 286 g/mol. The fraction of sp³-hybridized carbons (Fsp3) is 0.615. The molecule has 0 unspecified atom stereocenters. The summed E-state index contributed by atoms with van der Waals surface area (Å²) in [5.74, 6) is 0.870. The highest BCUT2D eigenvalue weighted by Gasteiger charge is 2.22. The van der Waals surface area contributed by atoms with E-state index in [-0.39, 0.29) is 0 Å². The maximum absolute atomic E-state index is 4.37. The minimum atomic E-state index is 0.429. The van der Waals surface area contributed by atoms with E-state index < -0.39 is 0 Å². The Morgan fingerprint density at radius 3 is 2.90 bits per heavy atom. The summed E-state index contributed by atoms with van der Waals surface area (Å²) in [6.45, 7) is 4.90. The standard InChI is InChI=1S/C13H19N7S/c1-3-14-11-9(2)12(16-8-15-11)21-13-17-18-19-20(13)10-6-4-5-7-10/h8,10H,3-7H2,1-2H3,(H,14,15,16). The Bertz CT molecular complexity index is 606. The second kappa shape index (κ2) is 6.38. The third kappa shape index (κ3) is 2.99. The van der Waals surface area contributed by atoms with Crippen molar-refractivity contribution in [2.45, 2.75) is 55.8 Å². The molecule has 2 heterocycles. The van der Waals surface area contributed by atoms with Crippen molar-refractivity contribution in [3.8, 4) is 0 Å². The zero-order chi connectivity index (χ0) is 14.7. The number of aromatic nitrogens is 6. The molecule has 1 saturated carbocycles. The Balaban J connectivity index is 1.84. The minimum absolute atomic E-state index is 0.429. The van der Waals surface area contributed by atoms with Gasteiger partial charge in [0, 0.05) is 12.1 Å². The molecule has 2 aromatic heterocycles. The molecule has 0 aromatic carbocycles. The number of hydrogen-bond donors (Lipinski definition) is 1. The van der Waals surface area contributed by atoms with Gasteiger partial charge in [-0.15, -0.1) is 5.10 Å². The smallest absolute Gasteiger partial charge is 0.215 e. The number of hydrogen-bond acceptors (Lipinski definition) is 7. The van der Waals surface area contributed by atoms with Crippen molar-refractivity contribution in [1.82, 2.24) is 30.2 Å². The summed E-state index contributed by atoms with van der Waals surface area (Å²) in [6.07, 6.45) is 6.41. The van der Waals surface area contributed by atoms with E-state index in [9.17, 15) is 0 Å². The van der Waals surface area contributed by atoms with Crippen LogP contribution in [0.1, 0.15) is 44.2 Å². The van der Waals surface area contributed by atoms with Crippen LogP contribution in [-0.2, 0) is 0 Å². The van der Waals surface area contributed by atoms with Crippen LogP contribution in [-0.4, -0.2) is 36.7 Å². The molecule has 1 N–H and O–H groups in total. The first-order valence-electron chi connectivity index (χ1n) is 7.30. The van der Waals surface area contributed by atoms with Crippen LogP contribution >= 0.6 is 11.8 Å².